The molecule has 0 saturated carbocycles. The van der Waals surface area contributed by atoms with Crippen molar-refractivity contribution in [3.05, 3.63) is 64.3 Å². The molecule has 1 aliphatic heterocycles. The maximum absolute atomic E-state index is 12.8. The molecule has 1 amide bonds. The monoisotopic (exact) mass is 429 g/mol. The predicted octanol–water partition coefficient (Wildman–Crippen LogP) is 2.00. The van der Waals surface area contributed by atoms with Crippen LogP contribution in [0.3, 0.4) is 0 Å². The first-order valence-corrected chi connectivity index (χ1v) is 11.2. The summed E-state index contributed by atoms with van der Waals surface area (Å²) in [7, 11) is -3.56. The molecule has 0 atom stereocenters. The van der Waals surface area contributed by atoms with Crippen molar-refractivity contribution in [3.63, 3.8) is 0 Å². The Morgan fingerprint density at radius 2 is 1.87 bits per heavy atom. The highest BCUT2D eigenvalue weighted by atomic mass is 32.2. The zero-order valence-electron chi connectivity index (χ0n) is 16.6. The molecule has 0 aliphatic carbocycles. The molecule has 0 spiro atoms. The molecule has 2 aromatic heterocycles. The van der Waals surface area contributed by atoms with Gasteiger partial charge in [-0.1, -0.05) is 0 Å². The van der Waals surface area contributed by atoms with E-state index in [2.05, 4.69) is 5.32 Å². The molecule has 3 heterocycles. The van der Waals surface area contributed by atoms with E-state index in [0.29, 0.717) is 29.8 Å². The summed E-state index contributed by atoms with van der Waals surface area (Å²) in [6, 6.07) is 11.2. The molecule has 0 radical (unpaired) electrons. The number of carbonyl (C=O) groups is 1. The van der Waals surface area contributed by atoms with Crippen LogP contribution in [0.25, 0.3) is 10.9 Å². The first-order chi connectivity index (χ1) is 14.3. The van der Waals surface area contributed by atoms with E-state index in [0.717, 1.165) is 18.6 Å². The summed E-state index contributed by atoms with van der Waals surface area (Å²) in [6.07, 6.45) is 1.72. The zero-order valence-corrected chi connectivity index (χ0v) is 17.4. The van der Waals surface area contributed by atoms with Crippen LogP contribution in [0.15, 0.2) is 56.6 Å². The van der Waals surface area contributed by atoms with Gasteiger partial charge in [0.05, 0.1) is 17.0 Å². The first kappa shape index (κ1) is 20.4. The predicted molar refractivity (Wildman–Crippen MR) is 111 cm³/mol. The average Bonchev–Trinajstić information content (AvgIpc) is 3.40. The highest BCUT2D eigenvalue weighted by Gasteiger charge is 2.27. The van der Waals surface area contributed by atoms with Crippen LogP contribution in [-0.4, -0.2) is 36.3 Å². The van der Waals surface area contributed by atoms with Crippen LogP contribution in [0, 0.1) is 6.92 Å². The number of hydrogen-bond donors (Lipinski definition) is 1. The van der Waals surface area contributed by atoms with Crippen LogP contribution in [-0.2, 0) is 27.9 Å². The van der Waals surface area contributed by atoms with Gasteiger partial charge in [-0.25, -0.2) is 8.42 Å². The van der Waals surface area contributed by atoms with Crippen molar-refractivity contribution in [2.45, 2.75) is 37.8 Å². The molecule has 0 bridgehead atoms. The van der Waals surface area contributed by atoms with Gasteiger partial charge in [0.25, 0.3) is 5.56 Å². The molecule has 4 rings (SSSR count). The Kier molecular flexibility index (Phi) is 5.48. The molecule has 30 heavy (non-hydrogen) atoms. The van der Waals surface area contributed by atoms with Gasteiger partial charge >= 0.3 is 0 Å². The summed E-state index contributed by atoms with van der Waals surface area (Å²) >= 11 is 0. The van der Waals surface area contributed by atoms with Crippen LogP contribution < -0.4 is 10.9 Å². The Balaban J connectivity index is 1.58. The Morgan fingerprint density at radius 1 is 1.10 bits per heavy atom. The van der Waals surface area contributed by atoms with E-state index >= 15 is 0 Å². The van der Waals surface area contributed by atoms with Gasteiger partial charge in [-0.3, -0.25) is 14.2 Å². The second kappa shape index (κ2) is 8.08. The second-order valence-corrected chi connectivity index (χ2v) is 9.32. The van der Waals surface area contributed by atoms with Crippen molar-refractivity contribution in [3.8, 4) is 0 Å². The van der Waals surface area contributed by atoms with E-state index in [1.165, 1.54) is 21.0 Å². The molecule has 158 valence electrons. The molecule has 1 aromatic carbocycles. The van der Waals surface area contributed by atoms with Gasteiger partial charge in [-0.05, 0) is 61.5 Å². The number of fused-ring (bicyclic) bond motifs is 1. The van der Waals surface area contributed by atoms with E-state index in [1.54, 1.807) is 24.3 Å². The number of aryl methyl sites for hydroxylation is 1. The molecule has 9 heteroatoms. The lowest BCUT2D eigenvalue weighted by molar-refractivity contribution is -0.121. The molecule has 3 aromatic rings. The van der Waals surface area contributed by atoms with Crippen molar-refractivity contribution in [1.29, 1.82) is 0 Å². The van der Waals surface area contributed by atoms with Crippen molar-refractivity contribution >= 4 is 26.8 Å². The topological polar surface area (TPSA) is 102 Å². The summed E-state index contributed by atoms with van der Waals surface area (Å²) in [6.45, 7) is 2.92. The number of pyridine rings is 1. The second-order valence-electron chi connectivity index (χ2n) is 7.38. The van der Waals surface area contributed by atoms with Gasteiger partial charge in [0.1, 0.15) is 18.1 Å². The Bertz CT molecular complexity index is 1250. The van der Waals surface area contributed by atoms with Gasteiger partial charge in [0.15, 0.2) is 0 Å². The minimum atomic E-state index is -3.56. The van der Waals surface area contributed by atoms with E-state index in [9.17, 15) is 18.0 Å². The van der Waals surface area contributed by atoms with Gasteiger partial charge in [0, 0.05) is 19.2 Å². The lowest BCUT2D eigenvalue weighted by Gasteiger charge is -2.16. The van der Waals surface area contributed by atoms with Gasteiger partial charge < -0.3 is 9.73 Å². The number of benzene rings is 1. The number of nitrogens with zero attached hydrogens (tertiary/aromatic N) is 2. The third-order valence-corrected chi connectivity index (χ3v) is 7.12. The summed E-state index contributed by atoms with van der Waals surface area (Å²) in [5, 5.41) is 3.32. The van der Waals surface area contributed by atoms with Crippen molar-refractivity contribution in [2.75, 3.05) is 13.1 Å². The normalized spacial score (nSPS) is 15.0. The van der Waals surface area contributed by atoms with Crippen LogP contribution in [0.4, 0.5) is 0 Å². The van der Waals surface area contributed by atoms with Gasteiger partial charge in [-0.15, -0.1) is 0 Å². The summed E-state index contributed by atoms with van der Waals surface area (Å²) < 4.78 is 33.9. The van der Waals surface area contributed by atoms with Crippen molar-refractivity contribution in [1.82, 2.24) is 14.2 Å². The summed E-state index contributed by atoms with van der Waals surface area (Å²) in [4.78, 5) is 24.9. The fourth-order valence-corrected chi connectivity index (χ4v) is 5.20. The molecule has 1 aliphatic rings. The first-order valence-electron chi connectivity index (χ1n) is 9.80. The SMILES string of the molecule is Cc1ccc(CNC(=O)Cn2c(=O)ccc3cc(S(=O)(=O)N4CCCC4)ccc32)o1. The molecular formula is C21H23N3O5S. The van der Waals surface area contributed by atoms with Crippen molar-refractivity contribution in [2.24, 2.45) is 0 Å². The number of furan rings is 1. The molecule has 0 unspecified atom stereocenters. The highest BCUT2D eigenvalue weighted by Crippen LogP contribution is 2.24. The number of hydrogen-bond acceptors (Lipinski definition) is 5. The lowest BCUT2D eigenvalue weighted by atomic mass is 10.2. The number of sulfonamides is 1. The Morgan fingerprint density at radius 3 is 2.57 bits per heavy atom. The Labute approximate surface area is 174 Å². The highest BCUT2D eigenvalue weighted by molar-refractivity contribution is 7.89. The van der Waals surface area contributed by atoms with E-state index in [4.69, 9.17) is 4.42 Å². The number of amides is 1. The maximum atomic E-state index is 12.8. The number of nitrogens with one attached hydrogen (secondary N) is 1. The lowest BCUT2D eigenvalue weighted by Crippen LogP contribution is -2.32. The molecule has 8 nitrogen and oxygen atoms in total. The summed E-state index contributed by atoms with van der Waals surface area (Å²) in [5.41, 5.74) is 0.175. The van der Waals surface area contributed by atoms with E-state index in [1.807, 2.05) is 13.0 Å². The quantitative estimate of drug-likeness (QED) is 0.646. The minimum absolute atomic E-state index is 0.173. The largest absolute Gasteiger partial charge is 0.465 e. The van der Waals surface area contributed by atoms with E-state index < -0.39 is 10.0 Å². The third kappa shape index (κ3) is 4.03. The smallest absolute Gasteiger partial charge is 0.251 e. The average molecular weight is 429 g/mol. The molecular weight excluding hydrogens is 406 g/mol. The van der Waals surface area contributed by atoms with Crippen LogP contribution in [0.1, 0.15) is 24.4 Å². The minimum Gasteiger partial charge on any atom is -0.465 e. The molecule has 1 saturated heterocycles. The molecule has 1 N–H and O–H groups in total. The zero-order chi connectivity index (χ0) is 21.3. The fraction of sp³-hybridized carbons (Fsp3) is 0.333. The maximum Gasteiger partial charge on any atom is 0.251 e. The van der Waals surface area contributed by atoms with E-state index in [-0.39, 0.29) is 29.5 Å². The van der Waals surface area contributed by atoms with Crippen molar-refractivity contribution < 1.29 is 17.6 Å². The van der Waals surface area contributed by atoms with Gasteiger partial charge in [0.2, 0.25) is 15.9 Å². The fourth-order valence-electron chi connectivity index (χ4n) is 3.65. The Hall–Kier alpha value is -2.91. The standard InChI is InChI=1S/C21H23N3O5S/c1-15-4-6-17(29-15)13-22-20(25)14-24-19-8-7-18(12-16(19)5-9-21(24)26)30(27,28)23-10-2-3-11-23/h4-9,12H,2-3,10-11,13-14H2,1H3,(H,22,25). The number of rotatable bonds is 6. The van der Waals surface area contributed by atoms with Crippen LogP contribution in [0.2, 0.25) is 0 Å². The van der Waals surface area contributed by atoms with Crippen LogP contribution >= 0.6 is 0 Å². The van der Waals surface area contributed by atoms with Gasteiger partial charge in [-0.2, -0.15) is 4.31 Å². The molecule has 1 fully saturated rings. The number of carbonyl (C=O) groups excluding carboxylic acids is 1. The number of aromatic nitrogens is 1. The summed E-state index contributed by atoms with van der Waals surface area (Å²) in [5.74, 6) is 1.04. The third-order valence-electron chi connectivity index (χ3n) is 5.22. The van der Waals surface area contributed by atoms with Crippen LogP contribution in [0.5, 0.6) is 0 Å².